The Morgan fingerprint density at radius 1 is 0.854 bits per heavy atom. The summed E-state index contributed by atoms with van der Waals surface area (Å²) in [7, 11) is -8.56. The van der Waals surface area contributed by atoms with Crippen LogP contribution in [0.2, 0.25) is 0 Å². The zero-order valence-corrected chi connectivity index (χ0v) is 25.0. The predicted octanol–water partition coefficient (Wildman–Crippen LogP) is 4.70. The lowest BCUT2D eigenvalue weighted by Gasteiger charge is -2.23. The van der Waals surface area contributed by atoms with Crippen molar-refractivity contribution in [2.24, 2.45) is 5.10 Å². The first kappa shape index (κ1) is 29.8. The van der Waals surface area contributed by atoms with Crippen molar-refractivity contribution in [2.75, 3.05) is 31.5 Å². The van der Waals surface area contributed by atoms with E-state index in [0.717, 1.165) is 29.5 Å². The van der Waals surface area contributed by atoms with Gasteiger partial charge >= 0.3 is 0 Å². The van der Waals surface area contributed by atoms with Crippen molar-refractivity contribution in [3.05, 3.63) is 95.7 Å². The number of hydrogen-bond acceptors (Lipinski definition) is 8. The molecule has 1 aliphatic heterocycles. The summed E-state index contributed by atoms with van der Waals surface area (Å²) >= 11 is 0. The number of aryl methyl sites for hydroxylation is 2. The molecule has 0 aromatic heterocycles. The van der Waals surface area contributed by atoms with Crippen molar-refractivity contribution in [3.63, 3.8) is 0 Å². The molecule has 2 N–H and O–H groups in total. The third kappa shape index (κ3) is 6.60. The lowest BCUT2D eigenvalue weighted by atomic mass is 10.1. The lowest BCUT2D eigenvalue weighted by molar-refractivity contribution is -0.114. The van der Waals surface area contributed by atoms with Crippen molar-refractivity contribution >= 4 is 54.4 Å². The van der Waals surface area contributed by atoms with Gasteiger partial charge in [0, 0.05) is 17.6 Å². The quantitative estimate of drug-likeness (QED) is 0.308. The molecule has 0 fully saturated rings. The second-order valence-electron chi connectivity index (χ2n) is 9.44. The van der Waals surface area contributed by atoms with E-state index in [-0.39, 0.29) is 11.6 Å². The maximum absolute atomic E-state index is 13.2. The standard InChI is InChI=1S/C29H33N5O5S2/c1-5-22-11-7-9-13-27(22)30-19-26-21(3)32-33(29(26)35)24-15-17-25(18-16-24)34(40(4,36)37)41(38,39)20-31-28-14-10-8-12-23(28)6-2/h7-19,30-31H,5-6,20H2,1-4H3. The van der Waals surface area contributed by atoms with E-state index in [2.05, 4.69) is 15.7 Å². The number of hydrogen-bond donors (Lipinski definition) is 2. The fourth-order valence-corrected chi connectivity index (χ4v) is 7.69. The van der Waals surface area contributed by atoms with Crippen LogP contribution in [0.15, 0.2) is 89.7 Å². The zero-order valence-electron chi connectivity index (χ0n) is 23.3. The lowest BCUT2D eigenvalue weighted by Crippen LogP contribution is -2.39. The monoisotopic (exact) mass is 595 g/mol. The highest BCUT2D eigenvalue weighted by Crippen LogP contribution is 2.29. The van der Waals surface area contributed by atoms with Gasteiger partial charge in [-0.3, -0.25) is 4.79 Å². The SMILES string of the molecule is CCc1ccccc1NC=C1C(=O)N(c2ccc(N(S(C)(=O)=O)S(=O)(=O)CNc3ccccc3CC)cc2)N=C1C. The number of hydrazone groups is 1. The van der Waals surface area contributed by atoms with Gasteiger partial charge in [-0.05, 0) is 67.3 Å². The molecule has 3 aromatic rings. The van der Waals surface area contributed by atoms with Gasteiger partial charge in [0.15, 0.2) is 0 Å². The van der Waals surface area contributed by atoms with E-state index >= 15 is 0 Å². The van der Waals surface area contributed by atoms with Gasteiger partial charge in [-0.25, -0.2) is 16.8 Å². The largest absolute Gasteiger partial charge is 0.370 e. The van der Waals surface area contributed by atoms with Crippen molar-refractivity contribution in [3.8, 4) is 0 Å². The number of benzene rings is 3. The molecule has 1 aliphatic rings. The maximum atomic E-state index is 13.2. The Morgan fingerprint density at radius 3 is 2.00 bits per heavy atom. The molecule has 0 atom stereocenters. The number of carbonyl (C=O) groups excluding carboxylic acids is 1. The minimum atomic E-state index is -4.35. The predicted molar refractivity (Wildman–Crippen MR) is 165 cm³/mol. The fourth-order valence-electron chi connectivity index (χ4n) is 4.48. The Kier molecular flexibility index (Phi) is 8.83. The molecular formula is C29H33N5O5S2. The van der Waals surface area contributed by atoms with E-state index in [4.69, 9.17) is 0 Å². The highest BCUT2D eigenvalue weighted by Gasteiger charge is 2.33. The van der Waals surface area contributed by atoms with Crippen molar-refractivity contribution < 1.29 is 21.6 Å². The second-order valence-corrected chi connectivity index (χ2v) is 13.3. The summed E-state index contributed by atoms with van der Waals surface area (Å²) in [4.78, 5) is 13.2. The number of para-hydroxylation sites is 2. The molecule has 3 aromatic carbocycles. The first-order chi connectivity index (χ1) is 19.5. The van der Waals surface area contributed by atoms with Crippen LogP contribution in [0.5, 0.6) is 0 Å². The van der Waals surface area contributed by atoms with Gasteiger partial charge in [0.25, 0.3) is 15.9 Å². The van der Waals surface area contributed by atoms with E-state index in [1.165, 1.54) is 29.3 Å². The number of nitrogens with one attached hydrogen (secondary N) is 2. The summed E-state index contributed by atoms with van der Waals surface area (Å²) in [6.07, 6.45) is 3.95. The molecule has 216 valence electrons. The number of nitrogens with zero attached hydrogens (tertiary/aromatic N) is 3. The summed E-state index contributed by atoms with van der Waals surface area (Å²) in [5.74, 6) is -1.00. The molecule has 0 aliphatic carbocycles. The molecule has 10 nitrogen and oxygen atoms in total. The van der Waals surface area contributed by atoms with E-state index in [0.29, 0.717) is 32.8 Å². The molecule has 1 amide bonds. The van der Waals surface area contributed by atoms with Crippen LogP contribution in [0.25, 0.3) is 0 Å². The molecule has 0 spiro atoms. The van der Waals surface area contributed by atoms with E-state index in [9.17, 15) is 21.6 Å². The topological polar surface area (TPSA) is 128 Å². The highest BCUT2D eigenvalue weighted by atomic mass is 32.3. The zero-order chi connectivity index (χ0) is 29.8. The smallest absolute Gasteiger partial charge is 0.282 e. The number of anilines is 4. The summed E-state index contributed by atoms with van der Waals surface area (Å²) < 4.78 is 52.2. The average molecular weight is 596 g/mol. The van der Waals surface area contributed by atoms with Gasteiger partial charge in [0.2, 0.25) is 10.0 Å². The van der Waals surface area contributed by atoms with Crippen LogP contribution in [0, 0.1) is 0 Å². The Bertz CT molecular complexity index is 1720. The van der Waals surface area contributed by atoms with Crippen LogP contribution in [0.4, 0.5) is 22.7 Å². The first-order valence-corrected chi connectivity index (χ1v) is 16.5. The average Bonchev–Trinajstić information content (AvgIpc) is 3.23. The van der Waals surface area contributed by atoms with Gasteiger partial charge in [0.1, 0.15) is 5.88 Å². The maximum Gasteiger partial charge on any atom is 0.282 e. The molecule has 1 heterocycles. The van der Waals surface area contributed by atoms with Crippen LogP contribution in [-0.4, -0.2) is 40.6 Å². The van der Waals surface area contributed by atoms with Gasteiger partial charge < -0.3 is 10.6 Å². The summed E-state index contributed by atoms with van der Waals surface area (Å²) in [5.41, 5.74) is 4.66. The first-order valence-electron chi connectivity index (χ1n) is 13.1. The van der Waals surface area contributed by atoms with Crippen LogP contribution in [0.1, 0.15) is 31.9 Å². The number of rotatable bonds is 11. The number of sulfonamides is 2. The van der Waals surface area contributed by atoms with Gasteiger partial charge in [-0.1, -0.05) is 50.2 Å². The molecular weight excluding hydrogens is 562 g/mol. The van der Waals surface area contributed by atoms with Crippen LogP contribution < -0.4 is 19.4 Å². The summed E-state index contributed by atoms with van der Waals surface area (Å²) in [5, 5.41) is 11.6. The molecule has 0 bridgehead atoms. The Labute approximate surface area is 241 Å². The number of amides is 1. The van der Waals surface area contributed by atoms with Crippen molar-refractivity contribution in [1.82, 2.24) is 0 Å². The van der Waals surface area contributed by atoms with Crippen LogP contribution >= 0.6 is 0 Å². The Hall–Kier alpha value is -4.16. The van der Waals surface area contributed by atoms with Gasteiger partial charge in [0.05, 0.1) is 28.9 Å². The molecule has 0 unspecified atom stereocenters. The molecule has 0 saturated carbocycles. The Balaban J connectivity index is 1.55. The van der Waals surface area contributed by atoms with Crippen molar-refractivity contribution in [1.29, 1.82) is 0 Å². The minimum absolute atomic E-state index is 0.0808. The van der Waals surface area contributed by atoms with Crippen molar-refractivity contribution in [2.45, 2.75) is 33.6 Å². The highest BCUT2D eigenvalue weighted by molar-refractivity contribution is 8.10. The molecule has 12 heteroatoms. The number of carbonyl (C=O) groups is 1. The van der Waals surface area contributed by atoms with Gasteiger partial charge in [-0.2, -0.15) is 13.8 Å². The fraction of sp³-hybridized carbons (Fsp3) is 0.241. The van der Waals surface area contributed by atoms with Crippen LogP contribution in [-0.2, 0) is 37.7 Å². The van der Waals surface area contributed by atoms with E-state index in [1.807, 2.05) is 50.2 Å². The summed E-state index contributed by atoms with van der Waals surface area (Å²) in [6, 6.07) is 20.6. The third-order valence-electron chi connectivity index (χ3n) is 6.54. The van der Waals surface area contributed by atoms with Crippen LogP contribution in [0.3, 0.4) is 0 Å². The van der Waals surface area contributed by atoms with E-state index in [1.54, 1.807) is 25.3 Å². The molecule has 4 rings (SSSR count). The third-order valence-corrected chi connectivity index (χ3v) is 10.1. The Morgan fingerprint density at radius 2 is 1.41 bits per heavy atom. The minimum Gasteiger partial charge on any atom is -0.370 e. The normalized spacial score (nSPS) is 14.7. The summed E-state index contributed by atoms with van der Waals surface area (Å²) in [6.45, 7) is 5.70. The van der Waals surface area contributed by atoms with E-state index < -0.39 is 25.9 Å². The van der Waals surface area contributed by atoms with Gasteiger partial charge in [-0.15, -0.1) is 0 Å². The second kappa shape index (κ2) is 12.1. The molecule has 0 radical (unpaired) electrons. The molecule has 41 heavy (non-hydrogen) atoms. The molecule has 0 saturated heterocycles.